The Kier molecular flexibility index (Phi) is 23.2. The highest BCUT2D eigenvalue weighted by Gasteiger charge is 2.51. The SMILES string of the molecule is CCCCCCCCCCCCCCCCCC(F)(CCCCCCCCC)[Si](Cl)(Cl)Cl. The molecule has 32 heavy (non-hydrogen) atoms. The highest BCUT2D eigenvalue weighted by Crippen LogP contribution is 2.43. The Hall–Kier alpha value is 1.02. The van der Waals surface area contributed by atoms with Crippen LogP contribution >= 0.6 is 33.2 Å². The van der Waals surface area contributed by atoms with E-state index in [0.29, 0.717) is 12.8 Å². The summed E-state index contributed by atoms with van der Waals surface area (Å²) in [6.45, 7) is 4.50. The van der Waals surface area contributed by atoms with Crippen molar-refractivity contribution in [1.29, 1.82) is 0 Å². The zero-order chi connectivity index (χ0) is 24.0. The Morgan fingerprint density at radius 1 is 0.438 bits per heavy atom. The van der Waals surface area contributed by atoms with Crippen molar-refractivity contribution >= 4 is 39.2 Å². The third-order valence-corrected chi connectivity index (χ3v) is 11.4. The first kappa shape index (κ1) is 33.0. The lowest BCUT2D eigenvalue weighted by Gasteiger charge is -2.30. The summed E-state index contributed by atoms with van der Waals surface area (Å²) in [4.78, 5) is 0. The molecule has 0 N–H and O–H groups in total. The van der Waals surface area contributed by atoms with Gasteiger partial charge in [0.1, 0.15) is 5.29 Å². The predicted octanol–water partition coefficient (Wildman–Crippen LogP) is 12.3. The van der Waals surface area contributed by atoms with Gasteiger partial charge in [-0.2, -0.15) is 0 Å². The third-order valence-electron chi connectivity index (χ3n) is 6.86. The summed E-state index contributed by atoms with van der Waals surface area (Å²) in [6, 6.07) is -3.35. The van der Waals surface area contributed by atoms with Crippen LogP contribution in [0.15, 0.2) is 0 Å². The third kappa shape index (κ3) is 19.3. The van der Waals surface area contributed by atoms with Crippen LogP contribution in [-0.2, 0) is 0 Å². The molecule has 0 amide bonds. The first-order chi connectivity index (χ1) is 15.4. The lowest BCUT2D eigenvalue weighted by Crippen LogP contribution is -2.43. The van der Waals surface area contributed by atoms with Gasteiger partial charge >= 0.3 is 6.00 Å². The van der Waals surface area contributed by atoms with E-state index in [1.165, 1.54) is 116 Å². The molecule has 0 saturated heterocycles. The summed E-state index contributed by atoms with van der Waals surface area (Å²) in [5.41, 5.74) is 0. The summed E-state index contributed by atoms with van der Waals surface area (Å²) < 4.78 is 15.5. The molecule has 0 aliphatic rings. The zero-order valence-electron chi connectivity index (χ0n) is 21.5. The van der Waals surface area contributed by atoms with Crippen molar-refractivity contribution < 1.29 is 4.39 Å². The van der Waals surface area contributed by atoms with E-state index < -0.39 is 11.3 Å². The molecule has 0 bridgehead atoms. The van der Waals surface area contributed by atoms with Crippen LogP contribution in [-0.4, -0.2) is 11.3 Å². The van der Waals surface area contributed by atoms with Gasteiger partial charge in [-0.25, -0.2) is 4.39 Å². The molecule has 0 aliphatic heterocycles. The zero-order valence-corrected chi connectivity index (χ0v) is 24.8. The lowest BCUT2D eigenvalue weighted by molar-refractivity contribution is 0.222. The molecule has 0 spiro atoms. The fraction of sp³-hybridized carbons (Fsp3) is 1.00. The summed E-state index contributed by atoms with van der Waals surface area (Å²) in [6.07, 6.45) is 28.7. The van der Waals surface area contributed by atoms with Crippen LogP contribution < -0.4 is 0 Å². The maximum atomic E-state index is 15.5. The predicted molar refractivity (Wildman–Crippen MR) is 149 cm³/mol. The Balaban J connectivity index is 3.68. The molecule has 0 radical (unpaired) electrons. The van der Waals surface area contributed by atoms with Gasteiger partial charge in [0.2, 0.25) is 0 Å². The van der Waals surface area contributed by atoms with Crippen LogP contribution in [0, 0.1) is 0 Å². The molecule has 0 aromatic heterocycles. The molecule has 0 saturated carbocycles. The van der Waals surface area contributed by atoms with Gasteiger partial charge in [-0.15, -0.1) is 33.2 Å². The van der Waals surface area contributed by atoms with Crippen LogP contribution in [0.2, 0.25) is 0 Å². The maximum Gasteiger partial charge on any atom is 0.377 e. The van der Waals surface area contributed by atoms with Crippen molar-refractivity contribution in [3.63, 3.8) is 0 Å². The molecule has 0 heterocycles. The van der Waals surface area contributed by atoms with E-state index in [4.69, 9.17) is 33.2 Å². The van der Waals surface area contributed by atoms with E-state index in [9.17, 15) is 0 Å². The second-order valence-corrected chi connectivity index (χ2v) is 18.8. The summed E-state index contributed by atoms with van der Waals surface area (Å²) in [5.74, 6) is 0. The van der Waals surface area contributed by atoms with Gasteiger partial charge in [0, 0.05) is 0 Å². The molecule has 0 aromatic rings. The molecular weight excluding hydrogens is 478 g/mol. The van der Waals surface area contributed by atoms with E-state index in [-0.39, 0.29) is 0 Å². The Labute approximate surface area is 216 Å². The molecule has 0 aliphatic carbocycles. The van der Waals surface area contributed by atoms with Crippen LogP contribution in [0.25, 0.3) is 0 Å². The van der Waals surface area contributed by atoms with Gasteiger partial charge in [0.05, 0.1) is 0 Å². The summed E-state index contributed by atoms with van der Waals surface area (Å²) >= 11 is 18.5. The Morgan fingerprint density at radius 2 is 0.656 bits per heavy atom. The van der Waals surface area contributed by atoms with Crippen molar-refractivity contribution in [2.45, 2.75) is 173 Å². The minimum absolute atomic E-state index is 0.433. The van der Waals surface area contributed by atoms with E-state index in [0.717, 1.165) is 25.7 Å². The highest BCUT2D eigenvalue weighted by atomic mass is 35.8. The van der Waals surface area contributed by atoms with Gasteiger partial charge in [-0.1, -0.05) is 155 Å². The average Bonchev–Trinajstić information content (AvgIpc) is 2.75. The van der Waals surface area contributed by atoms with Gasteiger partial charge < -0.3 is 0 Å². The first-order valence-corrected chi connectivity index (χ1v) is 19.2. The smallest absolute Gasteiger partial charge is 0.243 e. The van der Waals surface area contributed by atoms with Gasteiger partial charge in [0.25, 0.3) is 0 Å². The number of rotatable bonds is 25. The second-order valence-electron chi connectivity index (χ2n) is 10.0. The largest absolute Gasteiger partial charge is 0.377 e. The minimum Gasteiger partial charge on any atom is -0.243 e. The Morgan fingerprint density at radius 3 is 0.875 bits per heavy atom. The molecule has 5 heteroatoms. The molecule has 0 aromatic carbocycles. The number of halogens is 4. The van der Waals surface area contributed by atoms with Gasteiger partial charge in [-0.05, 0) is 12.8 Å². The van der Waals surface area contributed by atoms with Crippen LogP contribution in [0.5, 0.6) is 0 Å². The van der Waals surface area contributed by atoms with Crippen molar-refractivity contribution in [1.82, 2.24) is 0 Å². The fourth-order valence-corrected chi connectivity index (χ4v) is 7.17. The molecule has 0 rings (SSSR count). The second kappa shape index (κ2) is 22.5. The quantitative estimate of drug-likeness (QED) is 0.0624. The van der Waals surface area contributed by atoms with Crippen LogP contribution in [0.3, 0.4) is 0 Å². The minimum atomic E-state index is -3.35. The van der Waals surface area contributed by atoms with E-state index >= 15 is 4.39 Å². The fourth-order valence-electron chi connectivity index (χ4n) is 4.55. The van der Waals surface area contributed by atoms with Crippen molar-refractivity contribution in [2.75, 3.05) is 0 Å². The highest BCUT2D eigenvalue weighted by molar-refractivity contribution is 7.65. The monoisotopic (exact) mass is 530 g/mol. The maximum absolute atomic E-state index is 15.5. The van der Waals surface area contributed by atoms with Crippen molar-refractivity contribution in [2.24, 2.45) is 0 Å². The molecule has 1 atom stereocenters. The van der Waals surface area contributed by atoms with Gasteiger partial charge in [0.15, 0.2) is 0 Å². The average molecular weight is 532 g/mol. The van der Waals surface area contributed by atoms with Crippen molar-refractivity contribution in [3.05, 3.63) is 0 Å². The molecular formula is C27H54Cl3FSi. The van der Waals surface area contributed by atoms with E-state index in [2.05, 4.69) is 13.8 Å². The molecule has 194 valence electrons. The lowest BCUT2D eigenvalue weighted by atomic mass is 10.0. The van der Waals surface area contributed by atoms with Crippen LogP contribution in [0.4, 0.5) is 4.39 Å². The van der Waals surface area contributed by atoms with Gasteiger partial charge in [-0.3, -0.25) is 0 Å². The van der Waals surface area contributed by atoms with Crippen molar-refractivity contribution in [3.8, 4) is 0 Å². The summed E-state index contributed by atoms with van der Waals surface area (Å²) in [5, 5.41) is -1.54. The standard InChI is InChI=1S/C27H54Cl3FSi/c1-3-5-7-9-11-12-13-14-15-16-17-18-20-22-24-26-27(31,32(28,29)30)25-23-21-19-10-8-6-4-2/h3-26H2,1-2H3. The normalized spacial score (nSPS) is 14.1. The summed E-state index contributed by atoms with van der Waals surface area (Å²) in [7, 11) is 0. The molecule has 1 unspecified atom stereocenters. The van der Waals surface area contributed by atoms with E-state index in [1.807, 2.05) is 0 Å². The molecule has 0 fully saturated rings. The first-order valence-electron chi connectivity index (χ1n) is 14.1. The number of hydrogen-bond acceptors (Lipinski definition) is 0. The number of hydrogen-bond donors (Lipinski definition) is 0. The van der Waals surface area contributed by atoms with E-state index in [1.54, 1.807) is 0 Å². The Bertz CT molecular complexity index is 390. The molecule has 0 nitrogen and oxygen atoms in total. The topological polar surface area (TPSA) is 0 Å². The van der Waals surface area contributed by atoms with Crippen LogP contribution in [0.1, 0.15) is 168 Å². The number of alkyl halides is 1. The number of unbranched alkanes of at least 4 members (excludes halogenated alkanes) is 20.